The van der Waals surface area contributed by atoms with Crippen LogP contribution in [0.25, 0.3) is 0 Å². The molecule has 6 heteroatoms. The van der Waals surface area contributed by atoms with Crippen LogP contribution in [-0.2, 0) is 9.84 Å². The van der Waals surface area contributed by atoms with Gasteiger partial charge in [-0.15, -0.1) is 0 Å². The Hall–Kier alpha value is -1.56. The van der Waals surface area contributed by atoms with Gasteiger partial charge < -0.3 is 10.6 Å². The predicted octanol–water partition coefficient (Wildman–Crippen LogP) is 1.34. The normalized spacial score (nSPS) is 24.4. The number of carbonyl (C=O) groups is 1. The minimum absolute atomic E-state index is 0.00644. The Balaban J connectivity index is 2.21. The third kappa shape index (κ3) is 3.12. The smallest absolute Gasteiger partial charge is 0.253 e. The Morgan fingerprint density at radius 1 is 1.35 bits per heavy atom. The van der Waals surface area contributed by atoms with E-state index in [-0.39, 0.29) is 17.4 Å². The topological polar surface area (TPSA) is 75.3 Å². The summed E-state index contributed by atoms with van der Waals surface area (Å²) in [5.41, 5.74) is 1.65. The van der Waals surface area contributed by atoms with Gasteiger partial charge in [-0.25, -0.2) is 8.42 Å². The number of hydrogen-bond acceptors (Lipinski definition) is 4. The van der Waals surface area contributed by atoms with Gasteiger partial charge in [0.1, 0.15) is 0 Å². The highest BCUT2D eigenvalue weighted by Crippen LogP contribution is 2.24. The molecule has 1 aromatic rings. The van der Waals surface area contributed by atoms with Crippen molar-refractivity contribution in [2.75, 3.05) is 23.9 Å². The Morgan fingerprint density at radius 2 is 2.05 bits per heavy atom. The fourth-order valence-corrected chi connectivity index (χ4v) is 4.61. The minimum atomic E-state index is -3.03. The number of carbonyl (C=O) groups excluding carboxylic acids is 1. The van der Waals surface area contributed by atoms with Crippen molar-refractivity contribution in [3.05, 3.63) is 29.3 Å². The molecule has 1 aliphatic heterocycles. The average molecular weight is 296 g/mol. The van der Waals surface area contributed by atoms with Gasteiger partial charge in [0.25, 0.3) is 5.91 Å². The lowest BCUT2D eigenvalue weighted by Gasteiger charge is -2.24. The van der Waals surface area contributed by atoms with E-state index in [9.17, 15) is 13.2 Å². The lowest BCUT2D eigenvalue weighted by Crippen LogP contribution is -2.47. The zero-order valence-corrected chi connectivity index (χ0v) is 12.8. The van der Waals surface area contributed by atoms with Crippen LogP contribution in [-0.4, -0.2) is 38.4 Å². The van der Waals surface area contributed by atoms with E-state index in [1.54, 1.807) is 20.0 Å². The third-order valence-corrected chi connectivity index (χ3v) is 5.51. The first-order valence-electron chi connectivity index (χ1n) is 6.56. The lowest BCUT2D eigenvalue weighted by atomic mass is 10.0. The largest absolute Gasteiger partial charge is 0.387 e. The van der Waals surface area contributed by atoms with Gasteiger partial charge in [0.2, 0.25) is 0 Å². The molecule has 20 heavy (non-hydrogen) atoms. The molecule has 0 radical (unpaired) electrons. The van der Waals surface area contributed by atoms with Gasteiger partial charge in [0, 0.05) is 12.7 Å². The molecule has 0 spiro atoms. The maximum atomic E-state index is 12.4. The number of amides is 1. The summed E-state index contributed by atoms with van der Waals surface area (Å²) in [5, 5.41) is 5.86. The van der Waals surface area contributed by atoms with Crippen LogP contribution >= 0.6 is 0 Å². The summed E-state index contributed by atoms with van der Waals surface area (Å²) in [6.07, 6.45) is 0.460. The molecule has 0 aromatic heterocycles. The highest BCUT2D eigenvalue weighted by atomic mass is 32.2. The Bertz CT molecular complexity index is 640. The van der Waals surface area contributed by atoms with Crippen LogP contribution in [0.1, 0.15) is 29.3 Å². The zero-order chi connectivity index (χ0) is 15.0. The maximum Gasteiger partial charge on any atom is 0.253 e. The Morgan fingerprint density at radius 3 is 2.60 bits per heavy atom. The second kappa shape index (κ2) is 5.09. The highest BCUT2D eigenvalue weighted by molar-refractivity contribution is 7.91. The summed E-state index contributed by atoms with van der Waals surface area (Å²) in [5.74, 6) is -0.0998. The number of sulfone groups is 1. The molecule has 0 bridgehead atoms. The van der Waals surface area contributed by atoms with E-state index in [2.05, 4.69) is 10.6 Å². The zero-order valence-electron chi connectivity index (χ0n) is 12.0. The first kappa shape index (κ1) is 14.8. The Kier molecular flexibility index (Phi) is 3.77. The summed E-state index contributed by atoms with van der Waals surface area (Å²) in [6, 6.07) is 5.51. The standard InChI is InChI=1S/C14H20N2O3S/c1-10-4-5-11(12(8-10)15-3)13(17)16-14(2)6-7-20(18,19)9-14/h4-5,8,15H,6-7,9H2,1-3H3,(H,16,17). The molecule has 1 aromatic carbocycles. The number of hydrogen-bond donors (Lipinski definition) is 2. The Labute approximate surface area is 119 Å². The monoisotopic (exact) mass is 296 g/mol. The molecule has 1 amide bonds. The number of benzene rings is 1. The summed E-state index contributed by atoms with van der Waals surface area (Å²) in [6.45, 7) is 3.73. The van der Waals surface area contributed by atoms with Crippen LogP contribution in [0.4, 0.5) is 5.69 Å². The number of nitrogens with one attached hydrogen (secondary N) is 2. The second-order valence-corrected chi connectivity index (χ2v) is 7.84. The molecule has 2 N–H and O–H groups in total. The predicted molar refractivity (Wildman–Crippen MR) is 79.9 cm³/mol. The van der Waals surface area contributed by atoms with Crippen molar-refractivity contribution in [3.63, 3.8) is 0 Å². The van der Waals surface area contributed by atoms with Gasteiger partial charge in [-0.3, -0.25) is 4.79 Å². The summed E-state index contributed by atoms with van der Waals surface area (Å²) in [7, 11) is -1.28. The van der Waals surface area contributed by atoms with E-state index < -0.39 is 15.4 Å². The molecule has 1 heterocycles. The molecular formula is C14H20N2O3S. The number of rotatable bonds is 3. The van der Waals surface area contributed by atoms with Gasteiger partial charge in [-0.1, -0.05) is 6.07 Å². The van der Waals surface area contributed by atoms with Crippen molar-refractivity contribution in [2.24, 2.45) is 0 Å². The molecule has 1 saturated heterocycles. The van der Waals surface area contributed by atoms with Crippen LogP contribution in [0.2, 0.25) is 0 Å². The number of aryl methyl sites for hydroxylation is 1. The van der Waals surface area contributed by atoms with Crippen LogP contribution in [0.5, 0.6) is 0 Å². The maximum absolute atomic E-state index is 12.4. The molecule has 0 saturated carbocycles. The molecule has 2 rings (SSSR count). The van der Waals surface area contributed by atoms with E-state index >= 15 is 0 Å². The quantitative estimate of drug-likeness (QED) is 0.882. The van der Waals surface area contributed by atoms with Crippen molar-refractivity contribution in [3.8, 4) is 0 Å². The molecule has 1 unspecified atom stereocenters. The SMILES string of the molecule is CNc1cc(C)ccc1C(=O)NC1(C)CCS(=O)(=O)C1. The van der Waals surface area contributed by atoms with Gasteiger partial charge in [0.05, 0.1) is 22.6 Å². The van der Waals surface area contributed by atoms with E-state index in [1.807, 2.05) is 19.1 Å². The van der Waals surface area contributed by atoms with Crippen molar-refractivity contribution < 1.29 is 13.2 Å². The molecule has 1 aliphatic rings. The van der Waals surface area contributed by atoms with Crippen molar-refractivity contribution in [1.29, 1.82) is 0 Å². The fraction of sp³-hybridized carbons (Fsp3) is 0.500. The van der Waals surface area contributed by atoms with Crippen LogP contribution in [0.3, 0.4) is 0 Å². The first-order valence-corrected chi connectivity index (χ1v) is 8.38. The lowest BCUT2D eigenvalue weighted by molar-refractivity contribution is 0.0916. The highest BCUT2D eigenvalue weighted by Gasteiger charge is 2.39. The van der Waals surface area contributed by atoms with Gasteiger partial charge >= 0.3 is 0 Å². The first-order chi connectivity index (χ1) is 9.25. The van der Waals surface area contributed by atoms with Crippen LogP contribution < -0.4 is 10.6 Å². The fourth-order valence-electron chi connectivity index (χ4n) is 2.51. The third-order valence-electron chi connectivity index (χ3n) is 3.61. The minimum Gasteiger partial charge on any atom is -0.387 e. The van der Waals surface area contributed by atoms with Crippen molar-refractivity contribution >= 4 is 21.4 Å². The average Bonchev–Trinajstić information content (AvgIpc) is 2.62. The van der Waals surface area contributed by atoms with Crippen LogP contribution in [0.15, 0.2) is 18.2 Å². The van der Waals surface area contributed by atoms with E-state index in [4.69, 9.17) is 0 Å². The van der Waals surface area contributed by atoms with Gasteiger partial charge in [0.15, 0.2) is 9.84 Å². The molecule has 110 valence electrons. The van der Waals surface area contributed by atoms with Crippen LogP contribution in [0, 0.1) is 6.92 Å². The summed E-state index contributed by atoms with van der Waals surface area (Å²) >= 11 is 0. The molecule has 5 nitrogen and oxygen atoms in total. The van der Waals surface area contributed by atoms with Crippen molar-refractivity contribution in [1.82, 2.24) is 5.32 Å². The molecule has 1 atom stereocenters. The van der Waals surface area contributed by atoms with Gasteiger partial charge in [-0.2, -0.15) is 0 Å². The van der Waals surface area contributed by atoms with Crippen molar-refractivity contribution in [2.45, 2.75) is 25.8 Å². The van der Waals surface area contributed by atoms with E-state index in [0.717, 1.165) is 11.3 Å². The molecule has 1 fully saturated rings. The summed E-state index contributed by atoms with van der Waals surface area (Å²) in [4.78, 5) is 12.4. The number of anilines is 1. The molecule has 0 aliphatic carbocycles. The van der Waals surface area contributed by atoms with E-state index in [1.165, 1.54) is 0 Å². The summed E-state index contributed by atoms with van der Waals surface area (Å²) < 4.78 is 23.1. The van der Waals surface area contributed by atoms with E-state index in [0.29, 0.717) is 12.0 Å². The van der Waals surface area contributed by atoms with Gasteiger partial charge in [-0.05, 0) is 38.0 Å². The second-order valence-electron chi connectivity index (χ2n) is 5.66. The molecular weight excluding hydrogens is 276 g/mol.